The molecule has 0 saturated carbocycles. The Morgan fingerprint density at radius 1 is 0.515 bits per heavy atom. The average Bonchev–Trinajstić information content (AvgIpc) is 1.84. The van der Waals surface area contributed by atoms with Gasteiger partial charge in [0, 0.05) is 81.8 Å². The van der Waals surface area contributed by atoms with E-state index in [2.05, 4.69) is 35.6 Å². The molecule has 2 aromatic carbocycles. The van der Waals surface area contributed by atoms with Gasteiger partial charge in [0.2, 0.25) is 53.2 Å². The van der Waals surface area contributed by atoms with Crippen LogP contribution in [0.25, 0.3) is 22.1 Å². The van der Waals surface area contributed by atoms with E-state index in [1.165, 1.54) is 35.7 Å². The molecule has 0 bridgehead atoms. The molecule has 27 heteroatoms. The summed E-state index contributed by atoms with van der Waals surface area (Å²) in [7, 11) is 0. The first-order chi connectivity index (χ1) is 46.6. The van der Waals surface area contributed by atoms with Crippen molar-refractivity contribution in [2.75, 3.05) is 123 Å². The maximum Gasteiger partial charge on any atom is 0.243 e. The summed E-state index contributed by atoms with van der Waals surface area (Å²) >= 11 is 0. The number of rotatable bonds is 48. The van der Waals surface area contributed by atoms with Crippen LogP contribution in [0.3, 0.4) is 0 Å². The van der Waals surface area contributed by atoms with Crippen LogP contribution in [0.5, 0.6) is 0 Å². The largest absolute Gasteiger partial charge is 0.368 e. The van der Waals surface area contributed by atoms with Gasteiger partial charge in [-0.05, 0) is 126 Å². The third-order valence-corrected chi connectivity index (χ3v) is 17.0. The van der Waals surface area contributed by atoms with E-state index in [9.17, 15) is 33.6 Å². The number of anilines is 1. The van der Waals surface area contributed by atoms with Crippen molar-refractivity contribution in [1.29, 1.82) is 0 Å². The van der Waals surface area contributed by atoms with Gasteiger partial charge in [0.25, 0.3) is 0 Å². The fourth-order valence-electron chi connectivity index (χ4n) is 11.6. The van der Waals surface area contributed by atoms with Gasteiger partial charge in [-0.3, -0.25) is 43.2 Å². The second-order valence-corrected chi connectivity index (χ2v) is 26.0. The Morgan fingerprint density at radius 2 is 1.05 bits per heavy atom. The standard InChI is InChI=1S/C70H110N18O9/c1-51(2)40-86(46-64(94)87(41-52(3)4)47-66(96)88(54(6)55-24-9-7-10-25-55)48-65(95)83(36-21-16-31-72)43-61(91)82(42-59(74)89)35-20-15-30-71)63(93)44-84(38-29-56-39-77-58-27-13-12-26-57(56)58)62(92)45-85(37-22-17-32-73)70(97)53(5)23-14-19-33-75-60(90)28-11-8-18-34-76-68-67-69(79-49-78-67)81-50-80-68/h7,9-10,12-13,24-27,39,49-54,77H,8,11,14-23,28-38,40-48,71-73H2,1-6H3,(H2,74,89)(H,75,90)(H2,76,78,79,80,81)/t53?,54-/m0/s1. The van der Waals surface area contributed by atoms with Gasteiger partial charge in [-0.25, -0.2) is 15.0 Å². The van der Waals surface area contributed by atoms with Crippen molar-refractivity contribution >= 4 is 81.0 Å². The van der Waals surface area contributed by atoms with Crippen LogP contribution in [0.4, 0.5) is 5.82 Å². The minimum absolute atomic E-state index is 0.0272. The molecule has 3 heterocycles. The molecule has 0 aliphatic rings. The number of benzene rings is 2. The lowest BCUT2D eigenvalue weighted by Gasteiger charge is -2.35. The summed E-state index contributed by atoms with van der Waals surface area (Å²) in [5, 5.41) is 7.28. The normalized spacial score (nSPS) is 11.9. The minimum atomic E-state index is -0.708. The molecule has 0 spiro atoms. The van der Waals surface area contributed by atoms with Gasteiger partial charge in [0.15, 0.2) is 11.5 Å². The summed E-state index contributed by atoms with van der Waals surface area (Å²) < 4.78 is 0. The Labute approximate surface area is 572 Å². The van der Waals surface area contributed by atoms with Crippen LogP contribution in [0.2, 0.25) is 0 Å². The highest BCUT2D eigenvalue weighted by Crippen LogP contribution is 2.23. The third kappa shape index (κ3) is 27.5. The van der Waals surface area contributed by atoms with Crippen molar-refractivity contribution in [2.45, 2.75) is 137 Å². The SMILES string of the molecule is CC(C)CN(CC(=O)N(CC(=O)N(CC(=O)N(CCCCN)CC(=O)N(CCCCN)CC(N)=O)[C@@H](C)c1ccccc1)CC(C)C)C(=O)CN(CCc1c[nH]c2ccccc12)C(=O)CN(CCCCN)C(=O)C(C)CCCCNC(=O)CCCCCNc1ncnc2nc[nH]c12. The lowest BCUT2D eigenvalue weighted by molar-refractivity contribution is -0.150. The maximum atomic E-state index is 15.0. The third-order valence-electron chi connectivity index (χ3n) is 17.0. The van der Waals surface area contributed by atoms with Crippen LogP contribution < -0.4 is 33.6 Å². The molecule has 534 valence electrons. The van der Waals surface area contributed by atoms with Crippen LogP contribution in [0, 0.1) is 17.8 Å². The quantitative estimate of drug-likeness (QED) is 0.0248. The molecule has 27 nitrogen and oxygen atoms in total. The average molecular weight is 1350 g/mol. The second-order valence-electron chi connectivity index (χ2n) is 26.0. The van der Waals surface area contributed by atoms with Crippen molar-refractivity contribution < 1.29 is 43.2 Å². The Hall–Kier alpha value is -8.56. The van der Waals surface area contributed by atoms with Crippen molar-refractivity contribution in [3.63, 3.8) is 0 Å². The number of unbranched alkanes of at least 4 members (excludes halogenated alkanes) is 6. The molecule has 0 fully saturated rings. The number of nitrogens with zero attached hydrogens (tertiary/aromatic N) is 10. The van der Waals surface area contributed by atoms with Gasteiger partial charge < -0.3 is 77.8 Å². The van der Waals surface area contributed by atoms with Crippen molar-refractivity contribution in [2.24, 2.45) is 40.7 Å². The molecule has 0 aliphatic heterocycles. The zero-order valence-electron chi connectivity index (χ0n) is 58.3. The number of hydrogen-bond donors (Lipinski definition) is 8. The van der Waals surface area contributed by atoms with Crippen LogP contribution >= 0.6 is 0 Å². The predicted molar refractivity (Wildman–Crippen MR) is 376 cm³/mol. The zero-order chi connectivity index (χ0) is 70.7. The highest BCUT2D eigenvalue weighted by Gasteiger charge is 2.33. The van der Waals surface area contributed by atoms with Gasteiger partial charge in [0.1, 0.15) is 18.4 Å². The van der Waals surface area contributed by atoms with Gasteiger partial charge in [-0.1, -0.05) is 96.0 Å². The summed E-state index contributed by atoms with van der Waals surface area (Å²) in [6, 6.07) is 16.3. The molecule has 9 amide bonds. The Morgan fingerprint density at radius 3 is 1.67 bits per heavy atom. The molecule has 0 saturated heterocycles. The molecule has 0 radical (unpaired) electrons. The molecule has 1 unspecified atom stereocenters. The summed E-state index contributed by atoms with van der Waals surface area (Å²) in [5.74, 6) is -4.02. The first-order valence-electron chi connectivity index (χ1n) is 34.7. The topological polar surface area (TPSA) is 375 Å². The van der Waals surface area contributed by atoms with Crippen LogP contribution in [-0.4, -0.2) is 230 Å². The van der Waals surface area contributed by atoms with Crippen LogP contribution in [-0.2, 0) is 49.6 Å². The fourth-order valence-corrected chi connectivity index (χ4v) is 11.6. The summed E-state index contributed by atoms with van der Waals surface area (Å²) in [5.41, 5.74) is 26.9. The van der Waals surface area contributed by atoms with E-state index in [-0.39, 0.29) is 82.6 Å². The van der Waals surface area contributed by atoms with E-state index in [4.69, 9.17) is 22.9 Å². The number of nitrogens with two attached hydrogens (primary N) is 4. The number of aromatic nitrogens is 5. The Balaban J connectivity index is 1.29. The number of hydrogen-bond acceptors (Lipinski definition) is 16. The Bertz CT molecular complexity index is 3250. The van der Waals surface area contributed by atoms with E-state index in [0.29, 0.717) is 120 Å². The number of fused-ring (bicyclic) bond motifs is 2. The van der Waals surface area contributed by atoms with Crippen LogP contribution in [0.1, 0.15) is 142 Å². The minimum Gasteiger partial charge on any atom is -0.368 e. The number of para-hydroxylation sites is 1. The number of amides is 9. The van der Waals surface area contributed by atoms with E-state index >= 15 is 9.59 Å². The molecule has 5 rings (SSSR count). The monoisotopic (exact) mass is 1350 g/mol. The number of imidazole rings is 1. The molecular formula is C70H110N18O9. The molecule has 3 aromatic heterocycles. The maximum absolute atomic E-state index is 15.0. The van der Waals surface area contributed by atoms with Gasteiger partial charge in [-0.2, -0.15) is 0 Å². The Kier molecular flexibility index (Phi) is 35.0. The molecule has 0 aliphatic carbocycles. The lowest BCUT2D eigenvalue weighted by Crippen LogP contribution is -2.53. The number of aromatic amines is 2. The van der Waals surface area contributed by atoms with Crippen molar-refractivity contribution in [3.8, 4) is 0 Å². The number of nitrogens with one attached hydrogen (secondary N) is 4. The van der Waals surface area contributed by atoms with Crippen LogP contribution in [0.15, 0.2) is 73.4 Å². The number of carbonyl (C=O) groups excluding carboxylic acids is 9. The lowest BCUT2D eigenvalue weighted by atomic mass is 10.0. The van der Waals surface area contributed by atoms with Crippen molar-refractivity contribution in [3.05, 3.63) is 84.6 Å². The number of carbonyl (C=O) groups is 9. The fraction of sp³-hybridized carbons (Fsp3) is 0.600. The summed E-state index contributed by atoms with van der Waals surface area (Å²) in [6.45, 7) is 11.8. The molecule has 5 aromatic rings. The molecular weight excluding hydrogens is 1240 g/mol. The highest BCUT2D eigenvalue weighted by molar-refractivity contribution is 5.94. The van der Waals surface area contributed by atoms with E-state index in [1.807, 2.05) is 95.4 Å². The highest BCUT2D eigenvalue weighted by atomic mass is 16.2. The van der Waals surface area contributed by atoms with Gasteiger partial charge >= 0.3 is 0 Å². The first kappa shape index (κ1) is 79.1. The summed E-state index contributed by atoms with van der Waals surface area (Å²) in [6.07, 6.45) is 13.3. The summed E-state index contributed by atoms with van der Waals surface area (Å²) in [4.78, 5) is 156. The predicted octanol–water partition coefficient (Wildman–Crippen LogP) is 4.55. The molecule has 12 N–H and O–H groups in total. The van der Waals surface area contributed by atoms with E-state index in [1.54, 1.807) is 18.2 Å². The molecule has 2 atom stereocenters. The van der Waals surface area contributed by atoms with Crippen molar-refractivity contribution in [1.82, 2.24) is 64.5 Å². The number of primary amides is 1. The number of H-pyrrole nitrogens is 2. The zero-order valence-corrected chi connectivity index (χ0v) is 58.3. The second kappa shape index (κ2) is 42.9. The smallest absolute Gasteiger partial charge is 0.243 e. The first-order valence-corrected chi connectivity index (χ1v) is 34.7. The van der Waals surface area contributed by atoms with Gasteiger partial charge in [0.05, 0.1) is 51.6 Å². The van der Waals surface area contributed by atoms with E-state index in [0.717, 1.165) is 41.2 Å². The van der Waals surface area contributed by atoms with E-state index < -0.39 is 79.5 Å². The molecule has 97 heavy (non-hydrogen) atoms. The van der Waals surface area contributed by atoms with Gasteiger partial charge in [-0.15, -0.1) is 0 Å².